The van der Waals surface area contributed by atoms with Crippen molar-refractivity contribution in [3.8, 4) is 23.0 Å². The number of hydrogen-bond acceptors (Lipinski definition) is 3. The third kappa shape index (κ3) is 6.95. The number of benzene rings is 3. The number of aryl methyl sites for hydroxylation is 2. The summed E-state index contributed by atoms with van der Waals surface area (Å²) in [6.07, 6.45) is 11.0. The highest BCUT2D eigenvalue weighted by Gasteiger charge is 2.31. The van der Waals surface area contributed by atoms with E-state index < -0.39 is 0 Å². The molecule has 7 rings (SSSR count). The minimum absolute atomic E-state index is 0.0833. The standard InChI is InChI=1S/C47H56N4O/c1-10-14-34-23-24-48-44(25-34)50-41-18-12-11-17-39(41)40-21-20-37(29-43(40)50)52-38-27-35(47(7,8)9)26-36(28-38)51-42(22-19-30(2)3)46(33(6)49-51)45-31(4)15-13-16-32(45)5/h11-12,15,17-18,20-21,23-30,32,45H,10,13-14,16,19,22H2,1-9H3/t32-,45?/m0/s1. The molecule has 5 heteroatoms. The summed E-state index contributed by atoms with van der Waals surface area (Å²) in [5.74, 6) is 4.15. The Morgan fingerprint density at radius 2 is 1.67 bits per heavy atom. The third-order valence-corrected chi connectivity index (χ3v) is 11.1. The number of allylic oxidation sites excluding steroid dienone is 2. The average molecular weight is 693 g/mol. The van der Waals surface area contributed by atoms with Gasteiger partial charge < -0.3 is 4.74 Å². The maximum absolute atomic E-state index is 6.88. The Hall–Kier alpha value is -4.64. The maximum Gasteiger partial charge on any atom is 0.137 e. The third-order valence-electron chi connectivity index (χ3n) is 11.1. The van der Waals surface area contributed by atoms with Crippen LogP contribution in [0.15, 0.2) is 90.6 Å². The quantitative estimate of drug-likeness (QED) is 0.134. The first-order valence-corrected chi connectivity index (χ1v) is 19.5. The summed E-state index contributed by atoms with van der Waals surface area (Å²) < 4.78 is 11.4. The molecule has 6 aromatic rings. The van der Waals surface area contributed by atoms with Crippen molar-refractivity contribution in [2.45, 2.75) is 112 Å². The van der Waals surface area contributed by atoms with Crippen molar-refractivity contribution in [1.82, 2.24) is 19.3 Å². The van der Waals surface area contributed by atoms with E-state index in [9.17, 15) is 0 Å². The van der Waals surface area contributed by atoms with Gasteiger partial charge in [-0.25, -0.2) is 9.67 Å². The molecular formula is C47H56N4O. The molecule has 0 fully saturated rings. The molecule has 3 aromatic heterocycles. The number of ether oxygens (including phenoxy) is 1. The van der Waals surface area contributed by atoms with Crippen LogP contribution in [-0.4, -0.2) is 19.3 Å². The molecule has 2 atom stereocenters. The van der Waals surface area contributed by atoms with Crippen LogP contribution in [0.1, 0.15) is 115 Å². The monoisotopic (exact) mass is 692 g/mol. The van der Waals surface area contributed by atoms with Crippen molar-refractivity contribution in [2.75, 3.05) is 0 Å². The fraction of sp³-hybridized carbons (Fsp3) is 0.404. The van der Waals surface area contributed by atoms with Gasteiger partial charge in [0.15, 0.2) is 0 Å². The molecule has 0 saturated heterocycles. The van der Waals surface area contributed by atoms with Gasteiger partial charge in [-0.3, -0.25) is 4.57 Å². The zero-order valence-corrected chi connectivity index (χ0v) is 32.8. The summed E-state index contributed by atoms with van der Waals surface area (Å²) in [5, 5.41) is 7.72. The normalized spacial score (nSPS) is 16.6. The van der Waals surface area contributed by atoms with Gasteiger partial charge in [-0.2, -0.15) is 5.10 Å². The number of pyridine rings is 1. The van der Waals surface area contributed by atoms with E-state index in [2.05, 4.69) is 150 Å². The van der Waals surface area contributed by atoms with Crippen LogP contribution in [0.4, 0.5) is 0 Å². The molecule has 0 radical (unpaired) electrons. The highest BCUT2D eigenvalue weighted by Crippen LogP contribution is 2.43. The molecule has 0 aliphatic heterocycles. The van der Waals surface area contributed by atoms with Crippen molar-refractivity contribution in [3.05, 3.63) is 119 Å². The largest absolute Gasteiger partial charge is 0.457 e. The van der Waals surface area contributed by atoms with Gasteiger partial charge in [-0.15, -0.1) is 0 Å². The number of fused-ring (bicyclic) bond motifs is 3. The summed E-state index contributed by atoms with van der Waals surface area (Å²) >= 11 is 0. The molecule has 270 valence electrons. The van der Waals surface area contributed by atoms with E-state index in [0.29, 0.717) is 17.8 Å². The molecule has 3 aromatic carbocycles. The van der Waals surface area contributed by atoms with Gasteiger partial charge in [0.05, 0.1) is 22.4 Å². The number of nitrogens with zero attached hydrogens (tertiary/aromatic N) is 4. The molecule has 1 aliphatic rings. The van der Waals surface area contributed by atoms with Gasteiger partial charge in [0.1, 0.15) is 17.3 Å². The summed E-state index contributed by atoms with van der Waals surface area (Å²) in [7, 11) is 0. The van der Waals surface area contributed by atoms with E-state index in [-0.39, 0.29) is 5.41 Å². The van der Waals surface area contributed by atoms with E-state index >= 15 is 0 Å². The van der Waals surface area contributed by atoms with Crippen LogP contribution in [0, 0.1) is 18.8 Å². The predicted molar refractivity (Wildman–Crippen MR) is 218 cm³/mol. The van der Waals surface area contributed by atoms with Crippen molar-refractivity contribution in [1.29, 1.82) is 0 Å². The van der Waals surface area contributed by atoms with Gasteiger partial charge >= 0.3 is 0 Å². The van der Waals surface area contributed by atoms with Gasteiger partial charge in [0, 0.05) is 46.3 Å². The second-order valence-electron chi connectivity index (χ2n) is 16.6. The Morgan fingerprint density at radius 1 is 0.885 bits per heavy atom. The molecule has 0 amide bonds. The molecule has 0 saturated carbocycles. The number of para-hydroxylation sites is 1. The minimum Gasteiger partial charge on any atom is -0.457 e. The first-order chi connectivity index (χ1) is 24.9. The molecule has 0 spiro atoms. The lowest BCUT2D eigenvalue weighted by molar-refractivity contribution is 0.445. The van der Waals surface area contributed by atoms with Gasteiger partial charge in [0.2, 0.25) is 0 Å². The van der Waals surface area contributed by atoms with Crippen LogP contribution < -0.4 is 4.74 Å². The summed E-state index contributed by atoms with van der Waals surface area (Å²) in [4.78, 5) is 4.86. The number of hydrogen-bond donors (Lipinski definition) is 0. The van der Waals surface area contributed by atoms with Crippen LogP contribution in [0.5, 0.6) is 11.5 Å². The highest BCUT2D eigenvalue weighted by atomic mass is 16.5. The molecule has 1 unspecified atom stereocenters. The van der Waals surface area contributed by atoms with Crippen LogP contribution in [0.2, 0.25) is 0 Å². The van der Waals surface area contributed by atoms with Crippen LogP contribution in [0.25, 0.3) is 33.3 Å². The molecule has 5 nitrogen and oxygen atoms in total. The molecular weight excluding hydrogens is 637 g/mol. The SMILES string of the molecule is CCCc1ccnc(-n2c3ccccc3c3ccc(Oc4cc(-n5nc(C)c(C6C(C)=CCC[C@@H]6C)c5CCC(C)C)cc(C(C)(C)C)c4)cc32)c1. The molecule has 0 bridgehead atoms. The summed E-state index contributed by atoms with van der Waals surface area (Å²) in [6, 6.07) is 26.2. The topological polar surface area (TPSA) is 44.9 Å². The van der Waals surface area contributed by atoms with Crippen LogP contribution >= 0.6 is 0 Å². The second kappa shape index (κ2) is 14.4. The number of rotatable bonds is 10. The number of aromatic nitrogens is 4. The van der Waals surface area contributed by atoms with Crippen molar-refractivity contribution in [3.63, 3.8) is 0 Å². The van der Waals surface area contributed by atoms with E-state index in [4.69, 9.17) is 14.8 Å². The first-order valence-electron chi connectivity index (χ1n) is 19.5. The molecule has 0 N–H and O–H groups in total. The molecule has 1 aliphatic carbocycles. The fourth-order valence-corrected chi connectivity index (χ4v) is 8.32. The zero-order chi connectivity index (χ0) is 36.7. The Bertz CT molecular complexity index is 2260. The maximum atomic E-state index is 6.88. The van der Waals surface area contributed by atoms with E-state index in [1.807, 2.05) is 6.20 Å². The minimum atomic E-state index is -0.0833. The predicted octanol–water partition coefficient (Wildman–Crippen LogP) is 12.8. The average Bonchev–Trinajstić information content (AvgIpc) is 3.61. The van der Waals surface area contributed by atoms with Crippen molar-refractivity contribution >= 4 is 21.8 Å². The summed E-state index contributed by atoms with van der Waals surface area (Å²) in [5.41, 5.74) is 11.1. The lowest BCUT2D eigenvalue weighted by Crippen LogP contribution is -2.18. The van der Waals surface area contributed by atoms with Crippen molar-refractivity contribution in [2.24, 2.45) is 11.8 Å². The Balaban J connectivity index is 1.35. The smallest absolute Gasteiger partial charge is 0.137 e. The Kier molecular flexibility index (Phi) is 9.91. The Labute approximate surface area is 310 Å². The lowest BCUT2D eigenvalue weighted by atomic mass is 9.75. The highest BCUT2D eigenvalue weighted by molar-refractivity contribution is 6.09. The van der Waals surface area contributed by atoms with E-state index in [1.165, 1.54) is 51.6 Å². The van der Waals surface area contributed by atoms with Gasteiger partial charge in [-0.05, 0) is 117 Å². The van der Waals surface area contributed by atoms with Crippen LogP contribution in [-0.2, 0) is 18.3 Å². The zero-order valence-electron chi connectivity index (χ0n) is 32.8. The molecule has 52 heavy (non-hydrogen) atoms. The second-order valence-corrected chi connectivity index (χ2v) is 16.6. The first kappa shape index (κ1) is 35.7. The lowest BCUT2D eigenvalue weighted by Gasteiger charge is -2.30. The van der Waals surface area contributed by atoms with Gasteiger partial charge in [0.25, 0.3) is 0 Å². The summed E-state index contributed by atoms with van der Waals surface area (Å²) in [6.45, 7) is 20.6. The van der Waals surface area contributed by atoms with Crippen LogP contribution in [0.3, 0.4) is 0 Å². The van der Waals surface area contributed by atoms with E-state index in [1.54, 1.807) is 0 Å². The Morgan fingerprint density at radius 3 is 2.42 bits per heavy atom. The molecule has 3 heterocycles. The van der Waals surface area contributed by atoms with Crippen molar-refractivity contribution < 1.29 is 4.74 Å². The fourth-order valence-electron chi connectivity index (χ4n) is 8.32. The van der Waals surface area contributed by atoms with E-state index in [0.717, 1.165) is 65.4 Å². The van der Waals surface area contributed by atoms with Gasteiger partial charge in [-0.1, -0.05) is 84.7 Å².